The molecule has 2 aromatic rings. The third kappa shape index (κ3) is 2.93. The minimum absolute atomic E-state index is 0.0312. The molecule has 0 unspecified atom stereocenters. The monoisotopic (exact) mass is 301 g/mol. The van der Waals surface area contributed by atoms with Crippen LogP contribution in [0.1, 0.15) is 0 Å². The van der Waals surface area contributed by atoms with Gasteiger partial charge in [0.2, 0.25) is 5.95 Å². The highest BCUT2D eigenvalue weighted by Gasteiger charge is 2.22. The molecule has 2 aromatic heterocycles. The van der Waals surface area contributed by atoms with Gasteiger partial charge < -0.3 is 9.47 Å². The lowest BCUT2D eigenvalue weighted by Gasteiger charge is -2.06. The summed E-state index contributed by atoms with van der Waals surface area (Å²) in [5.74, 6) is 0.693. The van der Waals surface area contributed by atoms with Crippen LogP contribution in [0.4, 0.5) is 5.95 Å². The zero-order valence-corrected chi connectivity index (χ0v) is 11.8. The highest BCUT2D eigenvalue weighted by Crippen LogP contribution is 2.30. The number of thiophene rings is 1. The van der Waals surface area contributed by atoms with E-state index in [1.165, 1.54) is 26.6 Å². The van der Waals surface area contributed by atoms with Crippen molar-refractivity contribution in [3.8, 4) is 11.5 Å². The van der Waals surface area contributed by atoms with Gasteiger partial charge in [-0.1, -0.05) is 0 Å². The quantitative estimate of drug-likeness (QED) is 0.896. The summed E-state index contributed by atoms with van der Waals surface area (Å²) in [6.45, 7) is 0. The molecular formula is C10H11N3O4S2. The number of rotatable bonds is 5. The van der Waals surface area contributed by atoms with E-state index in [0.717, 1.165) is 11.3 Å². The minimum Gasteiger partial charge on any atom is -0.494 e. The minimum atomic E-state index is -3.75. The third-order valence-corrected chi connectivity index (χ3v) is 4.92. The van der Waals surface area contributed by atoms with Crippen molar-refractivity contribution in [1.82, 2.24) is 9.97 Å². The van der Waals surface area contributed by atoms with E-state index < -0.39 is 10.0 Å². The molecule has 7 nitrogen and oxygen atoms in total. The summed E-state index contributed by atoms with van der Waals surface area (Å²) >= 11 is 1.05. The fourth-order valence-electron chi connectivity index (χ4n) is 1.27. The number of anilines is 1. The predicted octanol–water partition coefficient (Wildman–Crippen LogP) is 1.36. The first-order valence-corrected chi connectivity index (χ1v) is 7.43. The standard InChI is InChI=1S/C10H11N3O4S2/c1-16-7-5-11-10(12-6-7)13-19(14,15)9-8(17-2)3-4-18-9/h3-6H,1-2H3,(H,11,12,13). The zero-order valence-electron chi connectivity index (χ0n) is 10.2. The van der Waals surface area contributed by atoms with Crippen molar-refractivity contribution >= 4 is 27.3 Å². The van der Waals surface area contributed by atoms with Gasteiger partial charge in [-0.15, -0.1) is 11.3 Å². The molecule has 2 heterocycles. The van der Waals surface area contributed by atoms with Crippen LogP contribution in [-0.4, -0.2) is 32.6 Å². The van der Waals surface area contributed by atoms with E-state index in [1.807, 2.05) is 0 Å². The summed E-state index contributed by atoms with van der Waals surface area (Å²) in [7, 11) is -0.876. The molecule has 0 aromatic carbocycles. The first kappa shape index (κ1) is 13.6. The average Bonchev–Trinajstić information content (AvgIpc) is 2.88. The number of hydrogen-bond acceptors (Lipinski definition) is 7. The third-order valence-electron chi connectivity index (χ3n) is 2.15. The Hall–Kier alpha value is -1.87. The summed E-state index contributed by atoms with van der Waals surface area (Å²) in [6, 6.07) is 1.58. The van der Waals surface area contributed by atoms with Crippen LogP contribution in [-0.2, 0) is 10.0 Å². The fraction of sp³-hybridized carbons (Fsp3) is 0.200. The van der Waals surface area contributed by atoms with E-state index in [0.29, 0.717) is 5.75 Å². The van der Waals surface area contributed by atoms with E-state index in [-0.39, 0.29) is 15.9 Å². The molecule has 1 N–H and O–H groups in total. The Labute approximate surface area is 114 Å². The van der Waals surface area contributed by atoms with Crippen LogP contribution in [0.2, 0.25) is 0 Å². The van der Waals surface area contributed by atoms with E-state index in [1.54, 1.807) is 11.4 Å². The van der Waals surface area contributed by atoms with Crippen LogP contribution in [0.3, 0.4) is 0 Å². The molecule has 0 saturated carbocycles. The number of sulfonamides is 1. The van der Waals surface area contributed by atoms with Gasteiger partial charge in [0.25, 0.3) is 10.0 Å². The Morgan fingerprint density at radius 2 is 1.89 bits per heavy atom. The summed E-state index contributed by atoms with van der Waals surface area (Å²) in [5.41, 5.74) is 0. The maximum absolute atomic E-state index is 12.1. The molecular weight excluding hydrogens is 290 g/mol. The molecule has 0 spiro atoms. The normalized spacial score (nSPS) is 11.1. The number of nitrogens with one attached hydrogen (secondary N) is 1. The summed E-state index contributed by atoms with van der Waals surface area (Å²) in [6.07, 6.45) is 2.74. The molecule has 0 aliphatic rings. The molecule has 102 valence electrons. The Balaban J connectivity index is 2.26. The molecule has 0 saturated heterocycles. The van der Waals surface area contributed by atoms with Crippen LogP contribution in [0.25, 0.3) is 0 Å². The van der Waals surface area contributed by atoms with Gasteiger partial charge in [0.1, 0.15) is 5.75 Å². The first-order chi connectivity index (χ1) is 9.06. The maximum Gasteiger partial charge on any atom is 0.277 e. The first-order valence-electron chi connectivity index (χ1n) is 5.07. The largest absolute Gasteiger partial charge is 0.494 e. The number of ether oxygens (including phenoxy) is 2. The van der Waals surface area contributed by atoms with Crippen LogP contribution in [0.5, 0.6) is 11.5 Å². The lowest BCUT2D eigenvalue weighted by molar-refractivity contribution is 0.406. The second-order valence-corrected chi connectivity index (χ2v) is 6.12. The van der Waals surface area contributed by atoms with Crippen molar-refractivity contribution < 1.29 is 17.9 Å². The van der Waals surface area contributed by atoms with Gasteiger partial charge in [-0.3, -0.25) is 0 Å². The molecule has 0 bridgehead atoms. The Morgan fingerprint density at radius 1 is 1.21 bits per heavy atom. The lowest BCUT2D eigenvalue weighted by Crippen LogP contribution is -2.14. The average molecular weight is 301 g/mol. The lowest BCUT2D eigenvalue weighted by atomic mass is 10.6. The smallest absolute Gasteiger partial charge is 0.277 e. The number of aromatic nitrogens is 2. The van der Waals surface area contributed by atoms with Gasteiger partial charge in [-0.05, 0) is 11.4 Å². The van der Waals surface area contributed by atoms with Gasteiger partial charge in [-0.2, -0.15) is 0 Å². The second-order valence-electron chi connectivity index (χ2n) is 3.33. The second kappa shape index (κ2) is 5.41. The maximum atomic E-state index is 12.1. The molecule has 0 atom stereocenters. The van der Waals surface area contributed by atoms with Gasteiger partial charge in [0.05, 0.1) is 26.6 Å². The summed E-state index contributed by atoms with van der Waals surface area (Å²) in [5, 5.41) is 1.63. The van der Waals surface area contributed by atoms with Crippen LogP contribution < -0.4 is 14.2 Å². The molecule has 2 rings (SSSR count). The molecule has 0 aliphatic carbocycles. The van der Waals surface area contributed by atoms with Crippen molar-refractivity contribution in [2.45, 2.75) is 4.21 Å². The van der Waals surface area contributed by atoms with E-state index >= 15 is 0 Å². The van der Waals surface area contributed by atoms with Crippen molar-refractivity contribution in [2.75, 3.05) is 18.9 Å². The van der Waals surface area contributed by atoms with Crippen LogP contribution >= 0.6 is 11.3 Å². The Morgan fingerprint density at radius 3 is 2.47 bits per heavy atom. The van der Waals surface area contributed by atoms with Crippen LogP contribution in [0, 0.1) is 0 Å². The van der Waals surface area contributed by atoms with Crippen LogP contribution in [0.15, 0.2) is 28.0 Å². The molecule has 0 radical (unpaired) electrons. The van der Waals surface area contributed by atoms with Crippen molar-refractivity contribution in [1.29, 1.82) is 0 Å². The summed E-state index contributed by atoms with van der Waals surface area (Å²) < 4.78 is 36.4. The summed E-state index contributed by atoms with van der Waals surface area (Å²) in [4.78, 5) is 7.68. The number of methoxy groups -OCH3 is 2. The van der Waals surface area contributed by atoms with Crippen molar-refractivity contribution in [3.63, 3.8) is 0 Å². The Kier molecular flexibility index (Phi) is 3.86. The molecule has 0 amide bonds. The van der Waals surface area contributed by atoms with Gasteiger partial charge >= 0.3 is 0 Å². The zero-order chi connectivity index (χ0) is 13.9. The van der Waals surface area contributed by atoms with E-state index in [4.69, 9.17) is 9.47 Å². The van der Waals surface area contributed by atoms with Gasteiger partial charge in [0, 0.05) is 0 Å². The van der Waals surface area contributed by atoms with Crippen molar-refractivity contribution in [2.24, 2.45) is 0 Å². The highest BCUT2D eigenvalue weighted by molar-refractivity contribution is 7.94. The predicted molar refractivity (Wildman–Crippen MR) is 70.3 cm³/mol. The topological polar surface area (TPSA) is 90.4 Å². The Bertz CT molecular complexity index is 652. The fourth-order valence-corrected chi connectivity index (χ4v) is 3.51. The molecule has 9 heteroatoms. The van der Waals surface area contributed by atoms with Crippen molar-refractivity contribution in [3.05, 3.63) is 23.8 Å². The highest BCUT2D eigenvalue weighted by atomic mass is 32.2. The molecule has 0 aliphatic heterocycles. The van der Waals surface area contributed by atoms with Gasteiger partial charge in [-0.25, -0.2) is 23.1 Å². The number of nitrogens with zero attached hydrogens (tertiary/aromatic N) is 2. The van der Waals surface area contributed by atoms with E-state index in [9.17, 15) is 8.42 Å². The SMILES string of the molecule is COc1cnc(NS(=O)(=O)c2sccc2OC)nc1. The van der Waals surface area contributed by atoms with Gasteiger partial charge in [0.15, 0.2) is 9.96 Å². The van der Waals surface area contributed by atoms with E-state index in [2.05, 4.69) is 14.7 Å². The molecule has 0 fully saturated rings. The molecule has 19 heavy (non-hydrogen) atoms. The number of hydrogen-bond donors (Lipinski definition) is 1.